The van der Waals surface area contributed by atoms with Crippen LogP contribution >= 0.6 is 0 Å². The number of benzene rings is 1. The van der Waals surface area contributed by atoms with E-state index in [1.165, 1.54) is 4.90 Å². The van der Waals surface area contributed by atoms with Gasteiger partial charge in [0.1, 0.15) is 24.4 Å². The normalized spacial score (nSPS) is 43.1. The maximum Gasteiger partial charge on any atom is 0.256 e. The predicted molar refractivity (Wildman–Crippen MR) is 129 cm³/mol. The maximum atomic E-state index is 13.7. The Hall–Kier alpha value is -2.45. The molecule has 2 saturated carbocycles. The summed E-state index contributed by atoms with van der Waals surface area (Å²) in [6, 6.07) is 8.71. The molecule has 2 aliphatic carbocycles. The lowest BCUT2D eigenvalue weighted by molar-refractivity contribution is -0.301. The number of imide groups is 1. The Labute approximate surface area is 219 Å². The van der Waals surface area contributed by atoms with Gasteiger partial charge in [-0.2, -0.15) is 0 Å². The average molecular weight is 535 g/mol. The minimum absolute atomic E-state index is 0.0661. The van der Waals surface area contributed by atoms with Gasteiger partial charge in [-0.15, -0.1) is 0 Å². The van der Waals surface area contributed by atoms with Gasteiger partial charge in [0.15, 0.2) is 0 Å². The molecule has 4 fully saturated rings. The number of amides is 2. The number of hydrogen-bond acceptors (Lipinski definition) is 11. The van der Waals surface area contributed by atoms with E-state index in [-0.39, 0.29) is 12.3 Å². The van der Waals surface area contributed by atoms with Crippen LogP contribution in [-0.4, -0.2) is 103 Å². The van der Waals surface area contributed by atoms with E-state index in [9.17, 15) is 40.2 Å². The molecule has 38 heavy (non-hydrogen) atoms. The molecule has 0 aromatic heterocycles. The average Bonchev–Trinajstić information content (AvgIpc) is 3.18. The van der Waals surface area contributed by atoms with Crippen molar-refractivity contribution in [2.75, 3.05) is 6.61 Å². The van der Waals surface area contributed by atoms with Gasteiger partial charge in [-0.1, -0.05) is 35.5 Å². The van der Waals surface area contributed by atoms with Gasteiger partial charge in [-0.3, -0.25) is 14.5 Å². The van der Waals surface area contributed by atoms with Crippen LogP contribution in [0.3, 0.4) is 0 Å². The minimum Gasteiger partial charge on any atom is -0.394 e. The van der Waals surface area contributed by atoms with E-state index < -0.39 is 85.1 Å². The molecule has 0 spiro atoms. The van der Waals surface area contributed by atoms with Crippen LogP contribution in [0.1, 0.15) is 37.8 Å². The summed E-state index contributed by atoms with van der Waals surface area (Å²) in [5.41, 5.74) is 1.14. The number of carbonyl (C=O) groups excluding carboxylic acids is 2. The van der Waals surface area contributed by atoms with Crippen LogP contribution < -0.4 is 0 Å². The Morgan fingerprint density at radius 3 is 2.34 bits per heavy atom. The lowest BCUT2D eigenvalue weighted by Gasteiger charge is -2.45. The zero-order valence-electron chi connectivity index (χ0n) is 20.9. The van der Waals surface area contributed by atoms with Gasteiger partial charge in [-0.25, -0.2) is 0 Å². The summed E-state index contributed by atoms with van der Waals surface area (Å²) in [4.78, 5) is 33.7. The first-order valence-corrected chi connectivity index (χ1v) is 13.0. The molecule has 0 bridgehead atoms. The number of carbonyl (C=O) groups is 2. The first-order valence-electron chi connectivity index (χ1n) is 13.0. The zero-order chi connectivity index (χ0) is 27.3. The number of hydrogen-bond donors (Lipinski definition) is 6. The molecule has 1 aromatic carbocycles. The molecule has 1 aromatic rings. The summed E-state index contributed by atoms with van der Waals surface area (Å²) < 4.78 is 5.33. The monoisotopic (exact) mass is 534 g/mol. The van der Waals surface area contributed by atoms with Crippen LogP contribution in [0.25, 0.3) is 0 Å². The predicted octanol–water partition coefficient (Wildman–Crippen LogP) is -1.33. The number of oxime groups is 1. The second-order valence-corrected chi connectivity index (χ2v) is 10.7. The Bertz CT molecular complexity index is 1070. The molecular weight excluding hydrogens is 500 g/mol. The molecule has 2 aliphatic heterocycles. The van der Waals surface area contributed by atoms with Crippen LogP contribution in [0.2, 0.25) is 0 Å². The highest BCUT2D eigenvalue weighted by Gasteiger charge is 2.60. The zero-order valence-corrected chi connectivity index (χ0v) is 20.9. The molecule has 6 N–H and O–H groups in total. The minimum atomic E-state index is -1.66. The van der Waals surface area contributed by atoms with E-state index in [2.05, 4.69) is 5.16 Å². The molecule has 12 nitrogen and oxygen atoms in total. The number of rotatable bonds is 5. The van der Waals surface area contributed by atoms with E-state index in [0.29, 0.717) is 18.6 Å². The quantitative estimate of drug-likeness (QED) is 0.195. The SMILES string of the molecule is C[C@@H](c1ccccc1)N1C(=O)[C@H]2[C@H]3[C@H](O)[C@H](O)CC(=NO[C@@H]4O[C@H](CO)[C@@H](O)[C@H](O)[C@H]4O)[C@H]3CC[C@H]2C1=O. The number of fused-ring (bicyclic) bond motifs is 3. The molecule has 2 amide bonds. The van der Waals surface area contributed by atoms with Crippen LogP contribution in [0.5, 0.6) is 0 Å². The van der Waals surface area contributed by atoms with Crippen molar-refractivity contribution < 1.29 is 49.8 Å². The molecule has 0 unspecified atom stereocenters. The van der Waals surface area contributed by atoms with Gasteiger partial charge in [-0.05, 0) is 25.3 Å². The highest BCUT2D eigenvalue weighted by Crippen LogP contribution is 2.51. The molecule has 2 heterocycles. The van der Waals surface area contributed by atoms with Crippen molar-refractivity contribution in [3.63, 3.8) is 0 Å². The number of likely N-dealkylation sites (tertiary alicyclic amines) is 1. The van der Waals surface area contributed by atoms with Crippen LogP contribution in [0.4, 0.5) is 0 Å². The van der Waals surface area contributed by atoms with Crippen molar-refractivity contribution in [1.82, 2.24) is 4.90 Å². The molecule has 4 aliphatic rings. The Balaban J connectivity index is 1.39. The van der Waals surface area contributed by atoms with Gasteiger partial charge in [0.25, 0.3) is 6.29 Å². The molecule has 0 radical (unpaired) electrons. The van der Waals surface area contributed by atoms with Crippen LogP contribution in [0.15, 0.2) is 35.5 Å². The Morgan fingerprint density at radius 1 is 0.974 bits per heavy atom. The highest BCUT2D eigenvalue weighted by atomic mass is 16.8. The lowest BCUT2D eigenvalue weighted by atomic mass is 9.60. The Kier molecular flexibility index (Phi) is 7.57. The molecule has 12 heteroatoms. The number of aliphatic hydroxyl groups is 6. The van der Waals surface area contributed by atoms with E-state index in [1.54, 1.807) is 6.92 Å². The summed E-state index contributed by atoms with van der Waals surface area (Å²) in [6.07, 6.45) is -9.34. The molecule has 2 saturated heterocycles. The van der Waals surface area contributed by atoms with Crippen molar-refractivity contribution in [2.45, 2.75) is 75.1 Å². The third kappa shape index (κ3) is 4.43. The van der Waals surface area contributed by atoms with Crippen molar-refractivity contribution in [3.05, 3.63) is 35.9 Å². The lowest BCUT2D eigenvalue weighted by Crippen LogP contribution is -2.59. The standard InChI is InChI=1S/C26H34N2O10/c1-11(12-5-3-2-4-6-12)28-24(35)14-8-7-13-15(9-16(30)20(31)18(13)19(14)25(28)36)27-38-26-23(34)22(33)21(32)17(10-29)37-26/h2-6,11,13-14,16-23,26,29-34H,7-10H2,1H3/t11-,13+,14+,16+,17+,18-,19+,20+,21+,22-,23+,26-/m0/s1. The third-order valence-corrected chi connectivity index (χ3v) is 8.61. The number of ether oxygens (including phenoxy) is 1. The van der Waals surface area contributed by atoms with E-state index in [1.807, 2.05) is 30.3 Å². The third-order valence-electron chi connectivity index (χ3n) is 8.61. The van der Waals surface area contributed by atoms with Crippen molar-refractivity contribution in [1.29, 1.82) is 0 Å². The van der Waals surface area contributed by atoms with Gasteiger partial charge in [0.2, 0.25) is 11.8 Å². The summed E-state index contributed by atoms with van der Waals surface area (Å²) in [5.74, 6) is -3.41. The molecule has 12 atom stereocenters. The smallest absolute Gasteiger partial charge is 0.256 e. The van der Waals surface area contributed by atoms with Gasteiger partial charge in [0.05, 0.1) is 42.4 Å². The van der Waals surface area contributed by atoms with Gasteiger partial charge < -0.3 is 40.2 Å². The second-order valence-electron chi connectivity index (χ2n) is 10.7. The largest absolute Gasteiger partial charge is 0.394 e. The summed E-state index contributed by atoms with van der Waals surface area (Å²) >= 11 is 0. The van der Waals surface area contributed by atoms with Crippen molar-refractivity contribution in [3.8, 4) is 0 Å². The fraction of sp³-hybridized carbons (Fsp3) is 0.654. The van der Waals surface area contributed by atoms with Gasteiger partial charge >= 0.3 is 0 Å². The first-order chi connectivity index (χ1) is 18.1. The fourth-order valence-electron chi connectivity index (χ4n) is 6.53. The Morgan fingerprint density at radius 2 is 1.66 bits per heavy atom. The van der Waals surface area contributed by atoms with Crippen LogP contribution in [0, 0.1) is 23.7 Å². The molecule has 208 valence electrons. The van der Waals surface area contributed by atoms with E-state index in [4.69, 9.17) is 9.57 Å². The van der Waals surface area contributed by atoms with Gasteiger partial charge in [0, 0.05) is 18.3 Å². The molecular formula is C26H34N2O10. The first kappa shape index (κ1) is 27.1. The van der Waals surface area contributed by atoms with Crippen molar-refractivity contribution in [2.24, 2.45) is 28.8 Å². The summed E-state index contributed by atoms with van der Waals surface area (Å²) in [6.45, 7) is 1.15. The number of nitrogens with zero attached hydrogens (tertiary/aromatic N) is 2. The fourth-order valence-corrected chi connectivity index (χ4v) is 6.53. The summed E-state index contributed by atoms with van der Waals surface area (Å²) in [5, 5.41) is 65.4. The summed E-state index contributed by atoms with van der Waals surface area (Å²) in [7, 11) is 0. The highest BCUT2D eigenvalue weighted by molar-refractivity contribution is 6.06. The van der Waals surface area contributed by atoms with Crippen LogP contribution in [-0.2, 0) is 19.2 Å². The number of aliphatic hydroxyl groups excluding tert-OH is 6. The maximum absolute atomic E-state index is 13.7. The topological polar surface area (TPSA) is 190 Å². The molecule has 5 rings (SSSR count). The van der Waals surface area contributed by atoms with E-state index >= 15 is 0 Å². The second kappa shape index (κ2) is 10.6. The van der Waals surface area contributed by atoms with Crippen molar-refractivity contribution >= 4 is 17.5 Å². The van der Waals surface area contributed by atoms with E-state index in [0.717, 1.165) is 5.56 Å².